The van der Waals surface area contributed by atoms with Gasteiger partial charge in [0.2, 0.25) is 11.9 Å². The Balaban J connectivity index is 1.48. The normalized spacial score (nSPS) is 13.8. The van der Waals surface area contributed by atoms with Crippen LogP contribution in [0.1, 0.15) is 0 Å². The first-order chi connectivity index (χ1) is 18.4. The highest BCUT2D eigenvalue weighted by Gasteiger charge is 2.17. The smallest absolute Gasteiger partial charge is 0.283 e. The van der Waals surface area contributed by atoms with Gasteiger partial charge in [-0.05, 0) is 43.5 Å². The number of ether oxygens (including phenoxy) is 1. The Morgan fingerprint density at radius 2 is 1.89 bits per heavy atom. The summed E-state index contributed by atoms with van der Waals surface area (Å²) in [6, 6.07) is 13.1. The van der Waals surface area contributed by atoms with Crippen molar-refractivity contribution in [3.05, 3.63) is 78.0 Å². The number of carbonyl (C=O) groups excluding carboxylic acids is 1. The number of rotatable bonds is 7. The summed E-state index contributed by atoms with van der Waals surface area (Å²) >= 11 is 0. The van der Waals surface area contributed by atoms with Crippen molar-refractivity contribution >= 4 is 40.0 Å². The van der Waals surface area contributed by atoms with Gasteiger partial charge >= 0.3 is 0 Å². The largest absolute Gasteiger partial charge is 0.494 e. The van der Waals surface area contributed by atoms with E-state index in [0.29, 0.717) is 34.4 Å². The van der Waals surface area contributed by atoms with Gasteiger partial charge < -0.3 is 25.2 Å². The van der Waals surface area contributed by atoms with E-state index in [1.54, 1.807) is 29.9 Å². The van der Waals surface area contributed by atoms with E-state index in [4.69, 9.17) is 4.74 Å². The Morgan fingerprint density at radius 1 is 1.08 bits per heavy atom. The second-order valence-electron chi connectivity index (χ2n) is 8.89. The Kier molecular flexibility index (Phi) is 7.00. The third-order valence-electron chi connectivity index (χ3n) is 6.39. The first-order valence-corrected chi connectivity index (χ1v) is 12.1. The van der Waals surface area contributed by atoms with E-state index in [-0.39, 0.29) is 11.3 Å². The first-order valence-electron chi connectivity index (χ1n) is 12.1. The van der Waals surface area contributed by atoms with Gasteiger partial charge in [-0.1, -0.05) is 12.6 Å². The molecular formula is C27H28N8O3. The summed E-state index contributed by atoms with van der Waals surface area (Å²) in [5.41, 5.74) is 2.93. The van der Waals surface area contributed by atoms with Gasteiger partial charge in [-0.2, -0.15) is 9.97 Å². The molecule has 194 valence electrons. The van der Waals surface area contributed by atoms with Gasteiger partial charge in [-0.25, -0.2) is 4.98 Å². The van der Waals surface area contributed by atoms with Gasteiger partial charge in [0.15, 0.2) is 5.65 Å². The number of hydrogen-bond donors (Lipinski definition) is 2. The van der Waals surface area contributed by atoms with Crippen LogP contribution in [0.25, 0.3) is 16.7 Å². The number of fused-ring (bicyclic) bond motifs is 1. The van der Waals surface area contributed by atoms with Gasteiger partial charge in [0.05, 0.1) is 18.5 Å². The molecule has 1 aliphatic heterocycles. The van der Waals surface area contributed by atoms with Crippen molar-refractivity contribution in [3.63, 3.8) is 0 Å². The van der Waals surface area contributed by atoms with E-state index >= 15 is 0 Å². The van der Waals surface area contributed by atoms with E-state index < -0.39 is 5.56 Å². The fraction of sp³-hybridized carbons (Fsp3) is 0.222. The highest BCUT2D eigenvalue weighted by atomic mass is 16.5. The summed E-state index contributed by atoms with van der Waals surface area (Å²) in [6.07, 6.45) is 4.05. The quantitative estimate of drug-likeness (QED) is 0.361. The summed E-state index contributed by atoms with van der Waals surface area (Å²) < 4.78 is 7.33. The molecule has 11 heteroatoms. The molecule has 0 aliphatic carbocycles. The number of carbonyl (C=O) groups is 1. The molecule has 0 unspecified atom stereocenters. The third kappa shape index (κ3) is 5.18. The molecule has 0 spiro atoms. The molecule has 1 saturated heterocycles. The lowest BCUT2D eigenvalue weighted by Crippen LogP contribution is -2.44. The van der Waals surface area contributed by atoms with Crippen LogP contribution in [-0.2, 0) is 4.79 Å². The molecular weight excluding hydrogens is 484 g/mol. The third-order valence-corrected chi connectivity index (χ3v) is 6.39. The van der Waals surface area contributed by atoms with Crippen molar-refractivity contribution in [1.82, 2.24) is 24.4 Å². The molecule has 0 radical (unpaired) electrons. The number of anilines is 4. The van der Waals surface area contributed by atoms with Gasteiger partial charge in [0.25, 0.3) is 5.56 Å². The molecule has 2 N–H and O–H groups in total. The van der Waals surface area contributed by atoms with E-state index in [0.717, 1.165) is 31.9 Å². The molecule has 2 aromatic carbocycles. The van der Waals surface area contributed by atoms with E-state index in [1.165, 1.54) is 18.6 Å². The van der Waals surface area contributed by atoms with Gasteiger partial charge in [-0.15, -0.1) is 0 Å². The Morgan fingerprint density at radius 3 is 2.66 bits per heavy atom. The SMILES string of the molecule is C=CC(=O)Nc1cccc(-n2cnc(=O)c3cnc(Nc4ccc(N5CCN(C)CC5)cc4OC)nc32)c1. The van der Waals surface area contributed by atoms with Crippen LogP contribution in [0.5, 0.6) is 5.75 Å². The first kappa shape index (κ1) is 24.9. The molecule has 1 amide bonds. The van der Waals surface area contributed by atoms with Crippen LogP contribution in [0.4, 0.5) is 23.0 Å². The number of nitrogens with one attached hydrogen (secondary N) is 2. The maximum atomic E-state index is 12.5. The van der Waals surface area contributed by atoms with Crippen molar-refractivity contribution < 1.29 is 9.53 Å². The van der Waals surface area contributed by atoms with Crippen molar-refractivity contribution in [2.24, 2.45) is 0 Å². The van der Waals surface area contributed by atoms with Crippen LogP contribution < -0.4 is 25.8 Å². The lowest BCUT2D eigenvalue weighted by Gasteiger charge is -2.34. The van der Waals surface area contributed by atoms with Crippen molar-refractivity contribution in [2.45, 2.75) is 0 Å². The highest BCUT2D eigenvalue weighted by molar-refractivity contribution is 5.99. The Bertz CT molecular complexity index is 1560. The van der Waals surface area contributed by atoms with Crippen molar-refractivity contribution in [2.75, 3.05) is 55.9 Å². The molecule has 1 aliphatic rings. The molecule has 0 bridgehead atoms. The van der Waals surface area contributed by atoms with Crippen LogP contribution in [0.3, 0.4) is 0 Å². The maximum absolute atomic E-state index is 12.5. The number of amides is 1. The molecule has 4 aromatic rings. The lowest BCUT2D eigenvalue weighted by atomic mass is 10.2. The monoisotopic (exact) mass is 512 g/mol. The van der Waals surface area contributed by atoms with Crippen LogP contribution >= 0.6 is 0 Å². The molecule has 3 heterocycles. The summed E-state index contributed by atoms with van der Waals surface area (Å²) in [4.78, 5) is 41.8. The fourth-order valence-corrected chi connectivity index (χ4v) is 4.28. The molecule has 0 atom stereocenters. The molecule has 38 heavy (non-hydrogen) atoms. The minimum atomic E-state index is -0.437. The topological polar surface area (TPSA) is 118 Å². The van der Waals surface area contributed by atoms with E-state index in [2.05, 4.69) is 49.0 Å². The minimum Gasteiger partial charge on any atom is -0.494 e. The molecule has 0 saturated carbocycles. The number of likely N-dealkylation sites (N-methyl/N-ethyl adjacent to an activating group) is 1. The number of hydrogen-bond acceptors (Lipinski definition) is 9. The minimum absolute atomic E-state index is 0.260. The average molecular weight is 513 g/mol. The van der Waals surface area contributed by atoms with Crippen LogP contribution in [0.2, 0.25) is 0 Å². The Hall–Kier alpha value is -4.77. The molecule has 2 aromatic heterocycles. The zero-order valence-corrected chi connectivity index (χ0v) is 21.2. The zero-order valence-electron chi connectivity index (χ0n) is 21.2. The number of benzene rings is 2. The second-order valence-corrected chi connectivity index (χ2v) is 8.89. The summed E-state index contributed by atoms with van der Waals surface area (Å²) in [5.74, 6) is 0.618. The van der Waals surface area contributed by atoms with Crippen LogP contribution in [-0.4, -0.2) is 70.7 Å². The number of methoxy groups -OCH3 is 1. The zero-order chi connectivity index (χ0) is 26.6. The number of nitrogens with zero attached hydrogens (tertiary/aromatic N) is 6. The van der Waals surface area contributed by atoms with Crippen molar-refractivity contribution in [3.8, 4) is 11.4 Å². The van der Waals surface area contributed by atoms with Gasteiger partial charge in [0.1, 0.15) is 17.5 Å². The maximum Gasteiger partial charge on any atom is 0.283 e. The van der Waals surface area contributed by atoms with Gasteiger partial charge in [0, 0.05) is 49.8 Å². The van der Waals surface area contributed by atoms with Crippen molar-refractivity contribution in [1.29, 1.82) is 0 Å². The van der Waals surface area contributed by atoms with E-state index in [1.807, 2.05) is 24.3 Å². The lowest BCUT2D eigenvalue weighted by molar-refractivity contribution is -0.111. The standard InChI is InChI=1S/C27H28N8O3/c1-4-24(36)30-18-6-5-7-20(14-18)35-17-29-26(37)21-16-28-27(32-25(21)35)31-22-9-8-19(15-23(22)38-3)34-12-10-33(2)11-13-34/h4-9,14-17H,1,10-13H2,2-3H3,(H,30,36)(H,28,31,32). The summed E-state index contributed by atoms with van der Waals surface area (Å²) in [5, 5.41) is 6.21. The molecule has 5 rings (SSSR count). The predicted octanol–water partition coefficient (Wildman–Crippen LogP) is 2.80. The second kappa shape index (κ2) is 10.7. The summed E-state index contributed by atoms with van der Waals surface area (Å²) in [7, 11) is 3.75. The highest BCUT2D eigenvalue weighted by Crippen LogP contribution is 2.32. The van der Waals surface area contributed by atoms with Crippen LogP contribution in [0.15, 0.2) is 72.4 Å². The number of aromatic nitrogens is 4. The van der Waals surface area contributed by atoms with Crippen LogP contribution in [0, 0.1) is 0 Å². The predicted molar refractivity (Wildman–Crippen MR) is 148 cm³/mol. The summed E-state index contributed by atoms with van der Waals surface area (Å²) in [6.45, 7) is 7.39. The van der Waals surface area contributed by atoms with E-state index in [9.17, 15) is 9.59 Å². The van der Waals surface area contributed by atoms with Gasteiger partial charge in [-0.3, -0.25) is 14.2 Å². The fourth-order valence-electron chi connectivity index (χ4n) is 4.28. The molecule has 1 fully saturated rings. The average Bonchev–Trinajstić information content (AvgIpc) is 2.94. The number of piperazine rings is 1. The Labute approximate surface area is 219 Å². The molecule has 11 nitrogen and oxygen atoms in total.